The van der Waals surface area contributed by atoms with Gasteiger partial charge in [0.05, 0.1) is 10.4 Å². The number of benzene rings is 1. The Balaban J connectivity index is 2.05. The van der Waals surface area contributed by atoms with E-state index in [0.717, 1.165) is 20.8 Å². The summed E-state index contributed by atoms with van der Waals surface area (Å²) in [5, 5.41) is 11.9. The number of carbonyl (C=O) groups excluding carboxylic acids is 1. The van der Waals surface area contributed by atoms with Crippen molar-refractivity contribution in [3.05, 3.63) is 50.6 Å². The van der Waals surface area contributed by atoms with Crippen molar-refractivity contribution in [1.82, 2.24) is 0 Å². The van der Waals surface area contributed by atoms with Gasteiger partial charge in [-0.3, -0.25) is 4.79 Å². The lowest BCUT2D eigenvalue weighted by Crippen LogP contribution is -2.13. The number of thiophene rings is 1. The van der Waals surface area contributed by atoms with Gasteiger partial charge in [0.2, 0.25) is 0 Å². The minimum absolute atomic E-state index is 0.0608. The van der Waals surface area contributed by atoms with Crippen molar-refractivity contribution in [3.8, 4) is 11.8 Å². The van der Waals surface area contributed by atoms with E-state index in [4.69, 9.17) is 4.74 Å². The summed E-state index contributed by atoms with van der Waals surface area (Å²) < 4.78 is 6.43. The zero-order valence-electron chi connectivity index (χ0n) is 12.5. The first-order chi connectivity index (χ1) is 11.1. The van der Waals surface area contributed by atoms with E-state index in [1.807, 2.05) is 25.1 Å². The number of anilines is 1. The lowest BCUT2D eigenvalue weighted by atomic mass is 10.2. The lowest BCUT2D eigenvalue weighted by Gasteiger charge is -2.07. The number of hydrogen-bond donors (Lipinski definition) is 1. The fourth-order valence-electron chi connectivity index (χ4n) is 1.75. The maximum Gasteiger partial charge on any atom is 0.266 e. The highest BCUT2D eigenvalue weighted by atomic mass is 79.9. The number of carbonyl (C=O) groups is 1. The van der Waals surface area contributed by atoms with Crippen LogP contribution in [0.3, 0.4) is 0 Å². The maximum absolute atomic E-state index is 12.2. The second-order valence-electron chi connectivity index (χ2n) is 4.64. The molecule has 1 heterocycles. The molecule has 1 aromatic carbocycles. The van der Waals surface area contributed by atoms with Crippen LogP contribution in [0.4, 0.5) is 5.69 Å². The maximum atomic E-state index is 12.2. The Morgan fingerprint density at radius 3 is 2.65 bits per heavy atom. The monoisotopic (exact) mass is 390 g/mol. The van der Waals surface area contributed by atoms with Crippen LogP contribution in [0, 0.1) is 11.3 Å². The number of nitriles is 1. The standard InChI is InChI=1S/C17H15BrN2O2S/c1-2-9-22-14-5-3-13(4-6-14)20-17(21)12(11-19)10-15-7-8-16(18)23-15/h3-8,10H,2,9H2,1H3,(H,20,21)/b12-10+. The van der Waals surface area contributed by atoms with E-state index in [9.17, 15) is 10.1 Å². The van der Waals surface area contributed by atoms with Gasteiger partial charge in [-0.1, -0.05) is 6.92 Å². The summed E-state index contributed by atoms with van der Waals surface area (Å²) in [6.45, 7) is 2.69. The fourth-order valence-corrected chi connectivity index (χ4v) is 3.12. The molecular formula is C17H15BrN2O2S. The smallest absolute Gasteiger partial charge is 0.266 e. The summed E-state index contributed by atoms with van der Waals surface area (Å²) >= 11 is 4.81. The van der Waals surface area contributed by atoms with Crippen LogP contribution >= 0.6 is 27.3 Å². The van der Waals surface area contributed by atoms with Gasteiger partial charge in [0.15, 0.2) is 0 Å². The van der Waals surface area contributed by atoms with E-state index in [-0.39, 0.29) is 5.57 Å². The third kappa shape index (κ3) is 5.23. The summed E-state index contributed by atoms with van der Waals surface area (Å²) in [5.74, 6) is 0.323. The number of amides is 1. The topological polar surface area (TPSA) is 62.1 Å². The predicted octanol–water partition coefficient (Wildman–Crippen LogP) is 4.85. The van der Waals surface area contributed by atoms with E-state index in [0.29, 0.717) is 12.3 Å². The number of nitrogens with one attached hydrogen (secondary N) is 1. The van der Waals surface area contributed by atoms with Gasteiger partial charge in [0.1, 0.15) is 17.4 Å². The van der Waals surface area contributed by atoms with Gasteiger partial charge < -0.3 is 10.1 Å². The van der Waals surface area contributed by atoms with Crippen LogP contribution in [-0.4, -0.2) is 12.5 Å². The molecule has 0 saturated heterocycles. The molecule has 23 heavy (non-hydrogen) atoms. The van der Waals surface area contributed by atoms with E-state index < -0.39 is 5.91 Å². The molecule has 0 aliphatic rings. The number of hydrogen-bond acceptors (Lipinski definition) is 4. The molecule has 0 aliphatic heterocycles. The van der Waals surface area contributed by atoms with E-state index in [1.54, 1.807) is 30.3 Å². The van der Waals surface area contributed by atoms with Crippen LogP contribution in [0.5, 0.6) is 5.75 Å². The number of halogens is 1. The molecule has 2 aromatic rings. The quantitative estimate of drug-likeness (QED) is 0.566. The fraction of sp³-hybridized carbons (Fsp3) is 0.176. The molecule has 1 N–H and O–H groups in total. The normalized spacial score (nSPS) is 10.9. The van der Waals surface area contributed by atoms with Crippen LogP contribution in [0.1, 0.15) is 18.2 Å². The van der Waals surface area contributed by atoms with Crippen molar-refractivity contribution in [2.45, 2.75) is 13.3 Å². The van der Waals surface area contributed by atoms with Crippen molar-refractivity contribution in [1.29, 1.82) is 5.26 Å². The van der Waals surface area contributed by atoms with Crippen LogP contribution in [-0.2, 0) is 4.79 Å². The molecule has 1 amide bonds. The third-order valence-electron chi connectivity index (χ3n) is 2.83. The van der Waals surface area contributed by atoms with Crippen molar-refractivity contribution in [2.75, 3.05) is 11.9 Å². The largest absolute Gasteiger partial charge is 0.494 e. The number of rotatable bonds is 6. The third-order valence-corrected chi connectivity index (χ3v) is 4.40. The summed E-state index contributed by atoms with van der Waals surface area (Å²) in [5.41, 5.74) is 0.679. The molecule has 0 spiro atoms. The minimum Gasteiger partial charge on any atom is -0.494 e. The molecule has 2 rings (SSSR count). The van der Waals surface area contributed by atoms with Gasteiger partial charge in [-0.2, -0.15) is 5.26 Å². The first-order valence-corrected chi connectivity index (χ1v) is 8.64. The number of ether oxygens (including phenoxy) is 1. The molecule has 0 fully saturated rings. The molecule has 0 radical (unpaired) electrons. The lowest BCUT2D eigenvalue weighted by molar-refractivity contribution is -0.112. The Morgan fingerprint density at radius 1 is 1.35 bits per heavy atom. The average molecular weight is 391 g/mol. The molecule has 0 bridgehead atoms. The average Bonchev–Trinajstić information content (AvgIpc) is 2.97. The summed E-state index contributed by atoms with van der Waals surface area (Å²) in [6, 6.07) is 12.7. The van der Waals surface area contributed by atoms with Crippen LogP contribution in [0.15, 0.2) is 45.8 Å². The molecule has 6 heteroatoms. The van der Waals surface area contributed by atoms with E-state index in [2.05, 4.69) is 21.2 Å². The summed E-state index contributed by atoms with van der Waals surface area (Å²) in [6.07, 6.45) is 2.51. The summed E-state index contributed by atoms with van der Waals surface area (Å²) in [7, 11) is 0. The Hall–Kier alpha value is -2.10. The van der Waals surface area contributed by atoms with Crippen molar-refractivity contribution in [2.24, 2.45) is 0 Å². The van der Waals surface area contributed by atoms with Crippen LogP contribution < -0.4 is 10.1 Å². The first-order valence-electron chi connectivity index (χ1n) is 7.03. The van der Waals surface area contributed by atoms with Gasteiger partial charge in [-0.15, -0.1) is 11.3 Å². The molecule has 0 atom stereocenters. The van der Waals surface area contributed by atoms with Crippen LogP contribution in [0.25, 0.3) is 6.08 Å². The van der Waals surface area contributed by atoms with E-state index >= 15 is 0 Å². The predicted molar refractivity (Wildman–Crippen MR) is 96.5 cm³/mol. The SMILES string of the molecule is CCCOc1ccc(NC(=O)/C(C#N)=C/c2ccc(Br)s2)cc1. The summed E-state index contributed by atoms with van der Waals surface area (Å²) in [4.78, 5) is 13.0. The Labute approximate surface area is 147 Å². The highest BCUT2D eigenvalue weighted by Gasteiger charge is 2.10. The second-order valence-corrected chi connectivity index (χ2v) is 7.13. The van der Waals surface area contributed by atoms with Crippen molar-refractivity contribution in [3.63, 3.8) is 0 Å². The molecule has 1 aromatic heterocycles. The number of nitrogens with zero attached hydrogens (tertiary/aromatic N) is 1. The van der Waals surface area contributed by atoms with Gasteiger partial charge >= 0.3 is 0 Å². The molecule has 0 saturated carbocycles. The Bertz CT molecular complexity index is 745. The molecule has 118 valence electrons. The Morgan fingerprint density at radius 2 is 2.09 bits per heavy atom. The van der Waals surface area contributed by atoms with Crippen LogP contribution in [0.2, 0.25) is 0 Å². The Kier molecular flexibility index (Phi) is 6.39. The zero-order valence-corrected chi connectivity index (χ0v) is 14.9. The molecular weight excluding hydrogens is 376 g/mol. The van der Waals surface area contributed by atoms with Crippen molar-refractivity contribution < 1.29 is 9.53 Å². The van der Waals surface area contributed by atoms with Gasteiger partial charge in [-0.05, 0) is 64.8 Å². The molecule has 0 unspecified atom stereocenters. The molecule has 0 aliphatic carbocycles. The first kappa shape index (κ1) is 17.3. The highest BCUT2D eigenvalue weighted by molar-refractivity contribution is 9.11. The second kappa shape index (κ2) is 8.51. The highest BCUT2D eigenvalue weighted by Crippen LogP contribution is 2.24. The van der Waals surface area contributed by atoms with E-state index in [1.165, 1.54) is 11.3 Å². The van der Waals surface area contributed by atoms with Crippen molar-refractivity contribution >= 4 is 44.9 Å². The zero-order chi connectivity index (χ0) is 16.7. The van der Waals surface area contributed by atoms with Gasteiger partial charge in [0.25, 0.3) is 5.91 Å². The van der Waals surface area contributed by atoms with Gasteiger partial charge in [-0.25, -0.2) is 0 Å². The molecule has 4 nitrogen and oxygen atoms in total. The minimum atomic E-state index is -0.431. The van der Waals surface area contributed by atoms with Gasteiger partial charge in [0, 0.05) is 10.6 Å².